The van der Waals surface area contributed by atoms with Crippen LogP contribution in [0.4, 0.5) is 5.69 Å². The second kappa shape index (κ2) is 13.7. The second-order valence-corrected chi connectivity index (χ2v) is 6.33. The number of nitrogens with one attached hydrogen (secondary N) is 3. The fourth-order valence-electron chi connectivity index (χ4n) is 2.73. The molecule has 2 aromatic rings. The van der Waals surface area contributed by atoms with Crippen LogP contribution in [-0.4, -0.2) is 39.2 Å². The van der Waals surface area contributed by atoms with Crippen molar-refractivity contribution in [2.75, 3.05) is 32.6 Å². The normalized spacial score (nSPS) is 10.6. The van der Waals surface area contributed by atoms with Gasteiger partial charge in [-0.05, 0) is 43.2 Å². The average Bonchev–Trinajstić information content (AvgIpc) is 2.75. The van der Waals surface area contributed by atoms with E-state index in [1.165, 1.54) is 5.56 Å². The molecule has 0 saturated heterocycles. The van der Waals surface area contributed by atoms with Gasteiger partial charge in [0.1, 0.15) is 11.5 Å². The smallest absolute Gasteiger partial charge is 0.243 e. The number of guanidine groups is 1. The maximum atomic E-state index is 12.3. The zero-order chi connectivity index (χ0) is 21.1. The van der Waals surface area contributed by atoms with E-state index in [0.717, 1.165) is 23.4 Å². The number of aryl methyl sites for hydroxylation is 1. The van der Waals surface area contributed by atoms with E-state index in [1.54, 1.807) is 14.2 Å². The summed E-state index contributed by atoms with van der Waals surface area (Å²) in [6.45, 7) is 5.26. The Morgan fingerprint density at radius 1 is 1.03 bits per heavy atom. The van der Waals surface area contributed by atoms with Gasteiger partial charge in [-0.2, -0.15) is 0 Å². The molecule has 0 aromatic heterocycles. The van der Waals surface area contributed by atoms with Gasteiger partial charge < -0.3 is 25.4 Å². The lowest BCUT2D eigenvalue weighted by Gasteiger charge is -2.13. The maximum absolute atomic E-state index is 12.3. The summed E-state index contributed by atoms with van der Waals surface area (Å²) in [5.74, 6) is 1.86. The number of amides is 1. The molecule has 2 rings (SSSR count). The summed E-state index contributed by atoms with van der Waals surface area (Å²) in [6.07, 6.45) is 0.925. The van der Waals surface area contributed by atoms with Gasteiger partial charge in [0, 0.05) is 23.9 Å². The lowest BCUT2D eigenvalue weighted by atomic mass is 10.1. The Labute approximate surface area is 195 Å². The number of hydrogen-bond donors (Lipinski definition) is 3. The highest BCUT2D eigenvalue weighted by atomic mass is 127. The Kier molecular flexibility index (Phi) is 11.7. The number of methoxy groups -OCH3 is 2. The third-order valence-electron chi connectivity index (χ3n) is 4.28. The van der Waals surface area contributed by atoms with Gasteiger partial charge in [-0.25, -0.2) is 4.99 Å². The Bertz CT molecular complexity index is 843. The summed E-state index contributed by atoms with van der Waals surface area (Å²) in [7, 11) is 3.23. The van der Waals surface area contributed by atoms with E-state index in [-0.39, 0.29) is 36.4 Å². The zero-order valence-corrected chi connectivity index (χ0v) is 20.3. The van der Waals surface area contributed by atoms with E-state index in [4.69, 9.17) is 9.47 Å². The van der Waals surface area contributed by atoms with E-state index in [0.29, 0.717) is 24.8 Å². The first-order valence-corrected chi connectivity index (χ1v) is 9.71. The van der Waals surface area contributed by atoms with Crippen molar-refractivity contribution in [2.24, 2.45) is 4.99 Å². The number of rotatable bonds is 9. The van der Waals surface area contributed by atoms with Crippen molar-refractivity contribution < 1.29 is 14.3 Å². The maximum Gasteiger partial charge on any atom is 0.243 e. The molecule has 0 bridgehead atoms. The number of aliphatic imine (C=N–C) groups is 1. The van der Waals surface area contributed by atoms with Crippen LogP contribution in [0.2, 0.25) is 0 Å². The number of carbonyl (C=O) groups excluding carboxylic acids is 1. The SMILES string of the molecule is CCNC(=NCc1ccc(OC)cc1OC)NCC(=O)Nc1cccc(CC)c1.I. The van der Waals surface area contributed by atoms with Gasteiger partial charge in [0.15, 0.2) is 5.96 Å². The van der Waals surface area contributed by atoms with Crippen LogP contribution < -0.4 is 25.4 Å². The van der Waals surface area contributed by atoms with Crippen LogP contribution in [-0.2, 0) is 17.8 Å². The quantitative estimate of drug-likeness (QED) is 0.265. The van der Waals surface area contributed by atoms with Gasteiger partial charge in [-0.3, -0.25) is 4.79 Å². The van der Waals surface area contributed by atoms with Crippen LogP contribution in [0.15, 0.2) is 47.5 Å². The highest BCUT2D eigenvalue weighted by molar-refractivity contribution is 14.0. The first-order chi connectivity index (χ1) is 14.1. The Balaban J connectivity index is 0.00000450. The molecule has 0 aliphatic heterocycles. The molecule has 3 N–H and O–H groups in total. The van der Waals surface area contributed by atoms with Gasteiger partial charge in [0.05, 0.1) is 27.3 Å². The van der Waals surface area contributed by atoms with Crippen molar-refractivity contribution in [3.63, 3.8) is 0 Å². The number of ether oxygens (including phenoxy) is 2. The van der Waals surface area contributed by atoms with E-state index in [1.807, 2.05) is 49.4 Å². The number of halogens is 1. The fraction of sp³-hybridized carbons (Fsp3) is 0.364. The minimum Gasteiger partial charge on any atom is -0.497 e. The first-order valence-electron chi connectivity index (χ1n) is 9.71. The summed E-state index contributed by atoms with van der Waals surface area (Å²) in [5.41, 5.74) is 2.89. The molecule has 8 heteroatoms. The molecule has 1 amide bonds. The second-order valence-electron chi connectivity index (χ2n) is 6.33. The summed E-state index contributed by atoms with van der Waals surface area (Å²) >= 11 is 0. The molecular weight excluding hydrogens is 495 g/mol. The molecule has 0 spiro atoms. The van der Waals surface area contributed by atoms with Crippen LogP contribution >= 0.6 is 24.0 Å². The third kappa shape index (κ3) is 8.10. The minimum atomic E-state index is -0.133. The molecule has 2 aromatic carbocycles. The van der Waals surface area contributed by atoms with Crippen molar-refractivity contribution in [3.05, 3.63) is 53.6 Å². The monoisotopic (exact) mass is 526 g/mol. The average molecular weight is 526 g/mol. The van der Waals surface area contributed by atoms with E-state index >= 15 is 0 Å². The van der Waals surface area contributed by atoms with E-state index in [2.05, 4.69) is 27.9 Å². The van der Waals surface area contributed by atoms with Gasteiger partial charge in [0.2, 0.25) is 5.91 Å². The summed E-state index contributed by atoms with van der Waals surface area (Å²) in [4.78, 5) is 16.8. The van der Waals surface area contributed by atoms with Crippen LogP contribution in [0, 0.1) is 0 Å². The topological polar surface area (TPSA) is 84.0 Å². The molecular formula is C22H31IN4O3. The van der Waals surface area contributed by atoms with Crippen LogP contribution in [0.25, 0.3) is 0 Å². The van der Waals surface area contributed by atoms with Gasteiger partial charge >= 0.3 is 0 Å². The molecule has 30 heavy (non-hydrogen) atoms. The Hall–Kier alpha value is -2.49. The predicted octanol–water partition coefficient (Wildman–Crippen LogP) is 3.58. The van der Waals surface area contributed by atoms with Crippen molar-refractivity contribution in [3.8, 4) is 11.5 Å². The van der Waals surface area contributed by atoms with E-state index in [9.17, 15) is 4.79 Å². The molecule has 0 aliphatic rings. The molecule has 0 fully saturated rings. The Morgan fingerprint density at radius 3 is 2.50 bits per heavy atom. The van der Waals surface area contributed by atoms with Crippen LogP contribution in [0.3, 0.4) is 0 Å². The largest absolute Gasteiger partial charge is 0.497 e. The molecule has 0 unspecified atom stereocenters. The highest BCUT2D eigenvalue weighted by Gasteiger charge is 2.07. The summed E-state index contributed by atoms with van der Waals surface area (Å²) in [5, 5.41) is 9.11. The standard InChI is InChI=1S/C22H30N4O3.HI/c1-5-16-8-7-9-18(12-16)26-21(27)15-25-22(23-6-2)24-14-17-10-11-19(28-3)13-20(17)29-4;/h7-13H,5-6,14-15H2,1-4H3,(H,26,27)(H2,23,24,25);1H. The lowest BCUT2D eigenvalue weighted by molar-refractivity contribution is -0.115. The van der Waals surface area contributed by atoms with Crippen LogP contribution in [0.1, 0.15) is 25.0 Å². The molecule has 0 radical (unpaired) electrons. The third-order valence-corrected chi connectivity index (χ3v) is 4.28. The number of anilines is 1. The number of benzene rings is 2. The fourth-order valence-corrected chi connectivity index (χ4v) is 2.73. The predicted molar refractivity (Wildman–Crippen MR) is 132 cm³/mol. The van der Waals surface area contributed by atoms with Gasteiger partial charge in [-0.1, -0.05) is 19.1 Å². The molecule has 164 valence electrons. The molecule has 0 aliphatic carbocycles. The molecule has 0 heterocycles. The number of carbonyl (C=O) groups is 1. The zero-order valence-electron chi connectivity index (χ0n) is 18.0. The lowest BCUT2D eigenvalue weighted by Crippen LogP contribution is -2.41. The minimum absolute atomic E-state index is 0. The first kappa shape index (κ1) is 25.5. The molecule has 0 atom stereocenters. The number of hydrogen-bond acceptors (Lipinski definition) is 4. The summed E-state index contributed by atoms with van der Waals surface area (Å²) in [6, 6.07) is 13.4. The van der Waals surface area contributed by atoms with Crippen molar-refractivity contribution in [2.45, 2.75) is 26.8 Å². The van der Waals surface area contributed by atoms with Gasteiger partial charge in [0.25, 0.3) is 0 Å². The Morgan fingerprint density at radius 2 is 1.83 bits per heavy atom. The highest BCUT2D eigenvalue weighted by Crippen LogP contribution is 2.25. The van der Waals surface area contributed by atoms with Crippen molar-refractivity contribution in [1.29, 1.82) is 0 Å². The van der Waals surface area contributed by atoms with Crippen molar-refractivity contribution in [1.82, 2.24) is 10.6 Å². The van der Waals surface area contributed by atoms with Gasteiger partial charge in [-0.15, -0.1) is 24.0 Å². The number of nitrogens with zero attached hydrogens (tertiary/aromatic N) is 1. The van der Waals surface area contributed by atoms with E-state index < -0.39 is 0 Å². The van der Waals surface area contributed by atoms with Crippen molar-refractivity contribution >= 4 is 41.5 Å². The molecule has 7 nitrogen and oxygen atoms in total. The van der Waals surface area contributed by atoms with Crippen LogP contribution in [0.5, 0.6) is 11.5 Å². The summed E-state index contributed by atoms with van der Waals surface area (Å²) < 4.78 is 10.6. The molecule has 0 saturated carbocycles.